The van der Waals surface area contributed by atoms with Crippen molar-refractivity contribution in [1.29, 1.82) is 0 Å². The molecule has 0 radical (unpaired) electrons. The second kappa shape index (κ2) is 6.65. The molecule has 6 nitrogen and oxygen atoms in total. The van der Waals surface area contributed by atoms with Gasteiger partial charge in [0.15, 0.2) is 0 Å². The molecule has 0 unspecified atom stereocenters. The first kappa shape index (κ1) is 14.8. The number of aromatic carboxylic acids is 1. The van der Waals surface area contributed by atoms with Gasteiger partial charge in [-0.2, -0.15) is 0 Å². The summed E-state index contributed by atoms with van der Waals surface area (Å²) in [5.74, 6) is -1.10. The number of hydrogen-bond acceptors (Lipinski definition) is 4. The number of anilines is 1. The van der Waals surface area contributed by atoms with Crippen LogP contribution in [0.15, 0.2) is 24.8 Å². The van der Waals surface area contributed by atoms with Crippen molar-refractivity contribution in [3.8, 4) is 5.75 Å². The molecule has 0 saturated carbocycles. The van der Waals surface area contributed by atoms with Crippen molar-refractivity contribution in [2.45, 2.75) is 0 Å². The molecule has 0 atom stereocenters. The van der Waals surface area contributed by atoms with E-state index >= 15 is 0 Å². The molecule has 0 aliphatic rings. The van der Waals surface area contributed by atoms with Gasteiger partial charge in [-0.3, -0.25) is 5.32 Å². The molecule has 1 amide bonds. The minimum atomic E-state index is -1.18. The first-order valence-electron chi connectivity index (χ1n) is 5.15. The Morgan fingerprint density at radius 2 is 2.21 bits per heavy atom. The van der Waals surface area contributed by atoms with Crippen LogP contribution in [0.25, 0.3) is 0 Å². The highest BCUT2D eigenvalue weighted by molar-refractivity contribution is 6.34. The van der Waals surface area contributed by atoms with Gasteiger partial charge in [-0.25, -0.2) is 9.59 Å². The van der Waals surface area contributed by atoms with Crippen molar-refractivity contribution in [1.82, 2.24) is 0 Å². The molecule has 0 spiro atoms. The van der Waals surface area contributed by atoms with Crippen molar-refractivity contribution < 1.29 is 24.2 Å². The lowest BCUT2D eigenvalue weighted by Crippen LogP contribution is -2.14. The van der Waals surface area contributed by atoms with Gasteiger partial charge < -0.3 is 14.6 Å². The molecule has 19 heavy (non-hydrogen) atoms. The lowest BCUT2D eigenvalue weighted by molar-refractivity contribution is 0.0693. The van der Waals surface area contributed by atoms with Gasteiger partial charge in [-0.1, -0.05) is 24.3 Å². The van der Waals surface area contributed by atoms with Gasteiger partial charge in [0, 0.05) is 6.07 Å². The Kier molecular flexibility index (Phi) is 5.20. The molecular weight excluding hydrogens is 274 g/mol. The molecule has 0 aromatic heterocycles. The number of methoxy groups -OCH3 is 1. The van der Waals surface area contributed by atoms with Gasteiger partial charge in [-0.15, -0.1) is 0 Å². The average Bonchev–Trinajstić information content (AvgIpc) is 2.38. The van der Waals surface area contributed by atoms with E-state index in [2.05, 4.69) is 11.9 Å². The molecule has 0 fully saturated rings. The highest BCUT2D eigenvalue weighted by Gasteiger charge is 2.16. The van der Waals surface area contributed by atoms with Gasteiger partial charge >= 0.3 is 12.1 Å². The largest absolute Gasteiger partial charge is 0.496 e. The fourth-order valence-electron chi connectivity index (χ4n) is 1.27. The Balaban J connectivity index is 2.99. The fraction of sp³-hybridized carbons (Fsp3) is 0.167. The molecule has 0 saturated heterocycles. The first-order chi connectivity index (χ1) is 8.99. The second-order valence-electron chi connectivity index (χ2n) is 3.35. The summed E-state index contributed by atoms with van der Waals surface area (Å²) in [4.78, 5) is 22.3. The lowest BCUT2D eigenvalue weighted by atomic mass is 10.2. The van der Waals surface area contributed by atoms with E-state index in [0.29, 0.717) is 0 Å². The number of carboxylic acids is 1. The number of nitrogens with one attached hydrogen (secondary N) is 1. The summed E-state index contributed by atoms with van der Waals surface area (Å²) < 4.78 is 9.63. The third-order valence-corrected chi connectivity index (χ3v) is 2.40. The van der Waals surface area contributed by atoms with Crippen molar-refractivity contribution >= 4 is 29.4 Å². The zero-order chi connectivity index (χ0) is 14.4. The number of amides is 1. The number of carboxylic acid groups (broad SMARTS) is 1. The van der Waals surface area contributed by atoms with Gasteiger partial charge in [0.05, 0.1) is 17.8 Å². The Labute approximate surface area is 114 Å². The Morgan fingerprint density at radius 1 is 1.53 bits per heavy atom. The van der Waals surface area contributed by atoms with E-state index in [1.54, 1.807) is 0 Å². The minimum absolute atomic E-state index is 0.0494. The highest BCUT2D eigenvalue weighted by atomic mass is 35.5. The van der Waals surface area contributed by atoms with E-state index in [0.717, 1.165) is 0 Å². The number of carbonyl (C=O) groups excluding carboxylic acids is 1. The van der Waals surface area contributed by atoms with E-state index in [-0.39, 0.29) is 28.6 Å². The molecule has 0 aliphatic heterocycles. The van der Waals surface area contributed by atoms with E-state index < -0.39 is 12.1 Å². The van der Waals surface area contributed by atoms with Crippen molar-refractivity contribution in [2.24, 2.45) is 0 Å². The number of ether oxygens (including phenoxy) is 2. The number of halogens is 1. The monoisotopic (exact) mass is 285 g/mol. The molecule has 1 rings (SSSR count). The summed E-state index contributed by atoms with van der Waals surface area (Å²) in [6, 6.07) is 2.49. The molecular formula is C12H12ClNO5. The van der Waals surface area contributed by atoms with Crippen LogP contribution in [0, 0.1) is 0 Å². The Morgan fingerprint density at radius 3 is 2.74 bits per heavy atom. The van der Waals surface area contributed by atoms with Crippen LogP contribution in [-0.2, 0) is 4.74 Å². The minimum Gasteiger partial charge on any atom is -0.496 e. The summed E-state index contributed by atoms with van der Waals surface area (Å²) in [5, 5.41) is 11.4. The van der Waals surface area contributed by atoms with Crippen LogP contribution in [0.4, 0.5) is 10.5 Å². The molecule has 0 aliphatic carbocycles. The number of carbonyl (C=O) groups is 2. The van der Waals surface area contributed by atoms with Gasteiger partial charge in [0.25, 0.3) is 0 Å². The summed E-state index contributed by atoms with van der Waals surface area (Å²) >= 11 is 5.87. The maximum Gasteiger partial charge on any atom is 0.411 e. The molecule has 102 valence electrons. The van der Waals surface area contributed by atoms with Gasteiger partial charge in [0.2, 0.25) is 0 Å². The van der Waals surface area contributed by atoms with E-state index in [1.807, 2.05) is 0 Å². The van der Waals surface area contributed by atoms with Crippen molar-refractivity contribution in [3.05, 3.63) is 35.4 Å². The van der Waals surface area contributed by atoms with Gasteiger partial charge in [0.1, 0.15) is 17.9 Å². The van der Waals surface area contributed by atoms with E-state index in [1.165, 1.54) is 25.3 Å². The fourth-order valence-corrected chi connectivity index (χ4v) is 1.48. The molecule has 0 heterocycles. The number of rotatable bonds is 5. The van der Waals surface area contributed by atoms with Crippen LogP contribution in [0.1, 0.15) is 10.4 Å². The molecule has 1 aromatic rings. The summed E-state index contributed by atoms with van der Waals surface area (Å²) in [7, 11) is 1.31. The highest BCUT2D eigenvalue weighted by Crippen LogP contribution is 2.31. The Bertz CT molecular complexity index is 515. The van der Waals surface area contributed by atoms with Crippen LogP contribution in [0.5, 0.6) is 5.75 Å². The van der Waals surface area contributed by atoms with Crippen LogP contribution in [0.3, 0.4) is 0 Å². The van der Waals surface area contributed by atoms with Gasteiger partial charge in [-0.05, 0) is 6.07 Å². The lowest BCUT2D eigenvalue weighted by Gasteiger charge is -2.11. The van der Waals surface area contributed by atoms with E-state index in [9.17, 15) is 9.59 Å². The maximum atomic E-state index is 11.3. The van der Waals surface area contributed by atoms with Crippen molar-refractivity contribution in [2.75, 3.05) is 19.0 Å². The normalized spacial score (nSPS) is 9.58. The third kappa shape index (κ3) is 3.89. The van der Waals surface area contributed by atoms with Crippen LogP contribution in [-0.4, -0.2) is 30.9 Å². The van der Waals surface area contributed by atoms with Crippen LogP contribution < -0.4 is 10.1 Å². The zero-order valence-corrected chi connectivity index (χ0v) is 10.9. The maximum absolute atomic E-state index is 11.3. The molecule has 2 N–H and O–H groups in total. The zero-order valence-electron chi connectivity index (χ0n) is 10.1. The Hall–Kier alpha value is -2.21. The summed E-state index contributed by atoms with van der Waals surface area (Å²) in [6.45, 7) is 3.45. The second-order valence-corrected chi connectivity index (χ2v) is 3.76. The first-order valence-corrected chi connectivity index (χ1v) is 5.53. The predicted octanol–water partition coefficient (Wildman–Crippen LogP) is 2.78. The molecule has 0 bridgehead atoms. The van der Waals surface area contributed by atoms with Crippen LogP contribution in [0.2, 0.25) is 5.02 Å². The number of hydrogen-bond donors (Lipinski definition) is 2. The SMILES string of the molecule is C=CCOC(=O)Nc1cc(OC)c(C(=O)O)cc1Cl. The topological polar surface area (TPSA) is 84.9 Å². The smallest absolute Gasteiger partial charge is 0.411 e. The van der Waals surface area contributed by atoms with E-state index in [4.69, 9.17) is 26.2 Å². The quantitative estimate of drug-likeness (QED) is 0.813. The summed E-state index contributed by atoms with van der Waals surface area (Å²) in [6.07, 6.45) is 0.682. The third-order valence-electron chi connectivity index (χ3n) is 2.09. The summed E-state index contributed by atoms with van der Waals surface area (Å²) in [5.41, 5.74) is 0.0927. The molecule has 1 aromatic carbocycles. The van der Waals surface area contributed by atoms with Crippen LogP contribution >= 0.6 is 11.6 Å². The van der Waals surface area contributed by atoms with Crippen molar-refractivity contribution in [3.63, 3.8) is 0 Å². The predicted molar refractivity (Wildman–Crippen MR) is 70.1 cm³/mol. The average molecular weight is 286 g/mol. The molecule has 7 heteroatoms. The standard InChI is InChI=1S/C12H12ClNO5/c1-3-4-19-12(17)14-9-6-10(18-2)7(11(15)16)5-8(9)13/h3,5-6H,1,4H2,2H3,(H,14,17)(H,15,16). The number of benzene rings is 1.